The Kier molecular flexibility index (Phi) is 1.31. The first-order chi connectivity index (χ1) is 5.27. The fourth-order valence-electron chi connectivity index (χ4n) is 1.09. The second-order valence-electron chi connectivity index (χ2n) is 2.85. The van der Waals surface area contributed by atoms with Crippen molar-refractivity contribution in [2.75, 3.05) is 0 Å². The summed E-state index contributed by atoms with van der Waals surface area (Å²) in [5, 5.41) is 8.94. The zero-order valence-electron chi connectivity index (χ0n) is 5.92. The lowest BCUT2D eigenvalue weighted by atomic mass is 10.2. The van der Waals surface area contributed by atoms with Gasteiger partial charge in [-0.2, -0.15) is 4.39 Å². The van der Waals surface area contributed by atoms with Gasteiger partial charge in [-0.05, 0) is 30.4 Å². The largest absolute Gasteiger partial charge is 0.504 e. The van der Waals surface area contributed by atoms with Crippen LogP contribution in [0.5, 0.6) is 5.75 Å². The molecule has 0 radical (unpaired) electrons. The third-order valence-corrected chi connectivity index (χ3v) is 1.89. The van der Waals surface area contributed by atoms with Gasteiger partial charge in [0, 0.05) is 6.20 Å². The molecule has 0 amide bonds. The number of nitrogens with zero attached hydrogens (tertiary/aromatic N) is 1. The van der Waals surface area contributed by atoms with Crippen molar-refractivity contribution in [3.63, 3.8) is 0 Å². The molecule has 1 aromatic heterocycles. The van der Waals surface area contributed by atoms with Gasteiger partial charge >= 0.3 is 0 Å². The summed E-state index contributed by atoms with van der Waals surface area (Å²) < 4.78 is 12.4. The summed E-state index contributed by atoms with van der Waals surface area (Å²) in [6.45, 7) is 0. The van der Waals surface area contributed by atoms with Crippen LogP contribution in [0.1, 0.15) is 24.3 Å². The standard InChI is InChI=1S/C8H8FNO/c9-8-7(11)3-6(4-10-8)5-1-2-5/h3-5,11H,1-2H2. The first-order valence-electron chi connectivity index (χ1n) is 3.62. The van der Waals surface area contributed by atoms with Gasteiger partial charge in [0.15, 0.2) is 5.75 Å². The molecule has 11 heavy (non-hydrogen) atoms. The Morgan fingerprint density at radius 1 is 1.55 bits per heavy atom. The minimum atomic E-state index is -0.783. The summed E-state index contributed by atoms with van der Waals surface area (Å²) in [4.78, 5) is 3.42. The maximum atomic E-state index is 12.4. The van der Waals surface area contributed by atoms with Crippen molar-refractivity contribution in [2.45, 2.75) is 18.8 Å². The van der Waals surface area contributed by atoms with Crippen LogP contribution in [0.3, 0.4) is 0 Å². The molecule has 0 aromatic carbocycles. The topological polar surface area (TPSA) is 33.1 Å². The fourth-order valence-corrected chi connectivity index (χ4v) is 1.09. The molecular formula is C8H8FNO. The zero-order chi connectivity index (χ0) is 7.84. The predicted molar refractivity (Wildman–Crippen MR) is 37.8 cm³/mol. The Hall–Kier alpha value is -1.12. The first kappa shape index (κ1) is 6.58. The molecule has 0 unspecified atom stereocenters. The van der Waals surface area contributed by atoms with Gasteiger partial charge < -0.3 is 5.11 Å². The molecule has 0 bridgehead atoms. The highest BCUT2D eigenvalue weighted by Crippen LogP contribution is 2.40. The third kappa shape index (κ3) is 1.18. The number of aromatic hydroxyl groups is 1. The molecule has 0 atom stereocenters. The quantitative estimate of drug-likeness (QED) is 0.624. The van der Waals surface area contributed by atoms with Crippen LogP contribution in [0.15, 0.2) is 12.3 Å². The molecular weight excluding hydrogens is 145 g/mol. The third-order valence-electron chi connectivity index (χ3n) is 1.89. The van der Waals surface area contributed by atoms with Crippen molar-refractivity contribution in [2.24, 2.45) is 0 Å². The molecule has 0 saturated heterocycles. The summed E-state index contributed by atoms with van der Waals surface area (Å²) in [5.41, 5.74) is 0.948. The summed E-state index contributed by atoms with van der Waals surface area (Å²) in [6.07, 6.45) is 3.76. The molecule has 58 valence electrons. The minimum Gasteiger partial charge on any atom is -0.504 e. The number of hydrogen-bond acceptors (Lipinski definition) is 2. The number of aromatic nitrogens is 1. The van der Waals surface area contributed by atoms with E-state index in [1.807, 2.05) is 0 Å². The SMILES string of the molecule is Oc1cc(C2CC2)cnc1F. The molecule has 2 rings (SSSR count). The van der Waals surface area contributed by atoms with Gasteiger partial charge in [-0.3, -0.25) is 0 Å². The maximum Gasteiger partial charge on any atom is 0.254 e. The van der Waals surface area contributed by atoms with Crippen LogP contribution in [-0.2, 0) is 0 Å². The first-order valence-corrected chi connectivity index (χ1v) is 3.62. The monoisotopic (exact) mass is 153 g/mol. The fraction of sp³-hybridized carbons (Fsp3) is 0.375. The van der Waals surface area contributed by atoms with E-state index in [1.165, 1.54) is 12.3 Å². The van der Waals surface area contributed by atoms with Crippen molar-refractivity contribution < 1.29 is 9.50 Å². The zero-order valence-corrected chi connectivity index (χ0v) is 5.92. The lowest BCUT2D eigenvalue weighted by Gasteiger charge is -1.97. The van der Waals surface area contributed by atoms with E-state index in [1.54, 1.807) is 0 Å². The molecule has 1 saturated carbocycles. The number of hydrogen-bond donors (Lipinski definition) is 1. The van der Waals surface area contributed by atoms with Crippen LogP contribution >= 0.6 is 0 Å². The van der Waals surface area contributed by atoms with E-state index in [0.29, 0.717) is 5.92 Å². The Morgan fingerprint density at radius 2 is 2.27 bits per heavy atom. The van der Waals surface area contributed by atoms with Crippen molar-refractivity contribution in [1.29, 1.82) is 0 Å². The van der Waals surface area contributed by atoms with Gasteiger partial charge in [0.2, 0.25) is 0 Å². The Morgan fingerprint density at radius 3 is 2.82 bits per heavy atom. The molecule has 3 heteroatoms. The molecule has 0 spiro atoms. The highest BCUT2D eigenvalue weighted by molar-refractivity contribution is 5.28. The van der Waals surface area contributed by atoms with Gasteiger partial charge in [0.05, 0.1) is 0 Å². The van der Waals surface area contributed by atoms with E-state index in [4.69, 9.17) is 5.11 Å². The van der Waals surface area contributed by atoms with Crippen LogP contribution in [-0.4, -0.2) is 10.1 Å². The van der Waals surface area contributed by atoms with Crippen molar-refractivity contribution in [1.82, 2.24) is 4.98 Å². The van der Waals surface area contributed by atoms with E-state index >= 15 is 0 Å². The van der Waals surface area contributed by atoms with E-state index in [9.17, 15) is 4.39 Å². The highest BCUT2D eigenvalue weighted by Gasteiger charge is 2.24. The lowest BCUT2D eigenvalue weighted by Crippen LogP contribution is -1.86. The molecule has 1 aliphatic carbocycles. The van der Waals surface area contributed by atoms with Crippen LogP contribution < -0.4 is 0 Å². The van der Waals surface area contributed by atoms with Crippen LogP contribution in [0.2, 0.25) is 0 Å². The summed E-state index contributed by atoms with van der Waals surface area (Å²) in [5.74, 6) is -0.613. The maximum absolute atomic E-state index is 12.4. The average molecular weight is 153 g/mol. The Labute approximate surface area is 63.7 Å². The van der Waals surface area contributed by atoms with E-state index in [0.717, 1.165) is 18.4 Å². The summed E-state index contributed by atoms with van der Waals surface area (Å²) >= 11 is 0. The van der Waals surface area contributed by atoms with E-state index in [2.05, 4.69) is 4.98 Å². The van der Waals surface area contributed by atoms with Gasteiger partial charge in [-0.25, -0.2) is 4.98 Å². The van der Waals surface area contributed by atoms with Crippen molar-refractivity contribution in [3.8, 4) is 5.75 Å². The summed E-state index contributed by atoms with van der Waals surface area (Å²) in [7, 11) is 0. The van der Waals surface area contributed by atoms with Crippen LogP contribution in [0.25, 0.3) is 0 Å². The smallest absolute Gasteiger partial charge is 0.254 e. The van der Waals surface area contributed by atoms with E-state index < -0.39 is 5.95 Å². The predicted octanol–water partition coefficient (Wildman–Crippen LogP) is 1.80. The second kappa shape index (κ2) is 2.19. The van der Waals surface area contributed by atoms with Gasteiger partial charge in [0.1, 0.15) is 0 Å². The molecule has 1 aromatic rings. The minimum absolute atomic E-state index is 0.339. The van der Waals surface area contributed by atoms with Gasteiger partial charge in [0.25, 0.3) is 5.95 Å². The number of halogens is 1. The highest BCUT2D eigenvalue weighted by atomic mass is 19.1. The number of rotatable bonds is 1. The van der Waals surface area contributed by atoms with Crippen LogP contribution in [0.4, 0.5) is 4.39 Å². The average Bonchev–Trinajstić information content (AvgIpc) is 2.77. The van der Waals surface area contributed by atoms with Gasteiger partial charge in [-0.1, -0.05) is 0 Å². The molecule has 1 N–H and O–H groups in total. The molecule has 1 fully saturated rings. The Balaban J connectivity index is 2.36. The van der Waals surface area contributed by atoms with Crippen molar-refractivity contribution in [3.05, 3.63) is 23.8 Å². The van der Waals surface area contributed by atoms with Crippen LogP contribution in [0, 0.1) is 5.95 Å². The number of pyridine rings is 1. The molecule has 0 aliphatic heterocycles. The normalized spacial score (nSPS) is 16.8. The summed E-state index contributed by atoms with van der Waals surface area (Å²) in [6, 6.07) is 1.46. The second-order valence-corrected chi connectivity index (χ2v) is 2.85. The van der Waals surface area contributed by atoms with E-state index in [-0.39, 0.29) is 5.75 Å². The molecule has 2 nitrogen and oxygen atoms in total. The molecule has 1 heterocycles. The molecule has 1 aliphatic rings. The van der Waals surface area contributed by atoms with Gasteiger partial charge in [-0.15, -0.1) is 0 Å². The lowest BCUT2D eigenvalue weighted by molar-refractivity contribution is 0.418. The Bertz CT molecular complexity index is 283. The van der Waals surface area contributed by atoms with Crippen molar-refractivity contribution >= 4 is 0 Å².